The Morgan fingerprint density at radius 3 is 2.47 bits per heavy atom. The molecule has 2 nitrogen and oxygen atoms in total. The minimum atomic E-state index is 0.622. The average Bonchev–Trinajstić information content (AvgIpc) is 2.43. The quantitative estimate of drug-likeness (QED) is 0.677. The van der Waals surface area contributed by atoms with Gasteiger partial charge in [0.2, 0.25) is 0 Å². The highest BCUT2D eigenvalue weighted by molar-refractivity contribution is 9.10. The number of nitrogen functional groups attached to an aromatic ring is 1. The Labute approximate surface area is 119 Å². The second-order valence-corrected chi connectivity index (χ2v) is 5.21. The maximum absolute atomic E-state index is 5.90. The van der Waals surface area contributed by atoms with E-state index in [-0.39, 0.29) is 0 Å². The second kappa shape index (κ2) is 4.94. The van der Waals surface area contributed by atoms with Crippen LogP contribution in [0.5, 0.6) is 11.5 Å². The number of halogens is 1. The minimum absolute atomic E-state index is 0.622. The summed E-state index contributed by atoms with van der Waals surface area (Å²) in [6.45, 7) is 0. The zero-order valence-corrected chi connectivity index (χ0v) is 11.7. The molecule has 94 valence electrons. The van der Waals surface area contributed by atoms with E-state index in [2.05, 4.69) is 28.1 Å². The number of ether oxygens (including phenoxy) is 1. The first-order chi connectivity index (χ1) is 9.22. The summed E-state index contributed by atoms with van der Waals surface area (Å²) in [5, 5.41) is 2.34. The molecule has 0 aliphatic heterocycles. The van der Waals surface area contributed by atoms with Crippen molar-refractivity contribution in [1.82, 2.24) is 0 Å². The lowest BCUT2D eigenvalue weighted by Crippen LogP contribution is -1.91. The van der Waals surface area contributed by atoms with Gasteiger partial charge in [-0.15, -0.1) is 0 Å². The number of hydrogen-bond acceptors (Lipinski definition) is 2. The molecule has 3 aromatic rings. The fraction of sp³-hybridized carbons (Fsp3) is 0. The maximum Gasteiger partial charge on any atom is 0.151 e. The summed E-state index contributed by atoms with van der Waals surface area (Å²) in [5.41, 5.74) is 6.53. The van der Waals surface area contributed by atoms with Crippen molar-refractivity contribution in [2.45, 2.75) is 0 Å². The van der Waals surface area contributed by atoms with E-state index >= 15 is 0 Å². The van der Waals surface area contributed by atoms with Crippen molar-refractivity contribution in [3.05, 3.63) is 65.1 Å². The summed E-state index contributed by atoms with van der Waals surface area (Å²) in [5.74, 6) is 1.44. The van der Waals surface area contributed by atoms with Crippen LogP contribution in [-0.2, 0) is 0 Å². The van der Waals surface area contributed by atoms with Crippen molar-refractivity contribution in [3.8, 4) is 11.5 Å². The third kappa shape index (κ3) is 2.56. The summed E-state index contributed by atoms with van der Waals surface area (Å²) in [6.07, 6.45) is 0. The number of hydrogen-bond donors (Lipinski definition) is 1. The molecule has 3 heteroatoms. The first kappa shape index (κ1) is 12.1. The van der Waals surface area contributed by atoms with Gasteiger partial charge in [0.1, 0.15) is 5.75 Å². The van der Waals surface area contributed by atoms with Crippen LogP contribution in [0.15, 0.2) is 65.1 Å². The van der Waals surface area contributed by atoms with Crippen LogP contribution in [0.3, 0.4) is 0 Å². The van der Waals surface area contributed by atoms with Gasteiger partial charge in [-0.3, -0.25) is 0 Å². The molecule has 3 rings (SSSR count). The summed E-state index contributed by atoms with van der Waals surface area (Å²) in [6, 6.07) is 19.7. The van der Waals surface area contributed by atoms with Crippen LogP contribution in [-0.4, -0.2) is 0 Å². The second-order valence-electron chi connectivity index (χ2n) is 4.29. The predicted octanol–water partition coefficient (Wildman–Crippen LogP) is 4.98. The molecule has 0 bridgehead atoms. The van der Waals surface area contributed by atoms with Gasteiger partial charge in [0.05, 0.1) is 5.69 Å². The van der Waals surface area contributed by atoms with Gasteiger partial charge in [0, 0.05) is 4.47 Å². The summed E-state index contributed by atoms with van der Waals surface area (Å²) >= 11 is 3.41. The molecule has 0 aliphatic rings. The molecular formula is C16H12BrNO. The standard InChI is InChI=1S/C16H12BrNO/c17-13-6-8-15(18)16(10-13)19-14-7-5-11-3-1-2-4-12(11)9-14/h1-10H,18H2. The van der Waals surface area contributed by atoms with Crippen LogP contribution < -0.4 is 10.5 Å². The first-order valence-corrected chi connectivity index (χ1v) is 6.73. The van der Waals surface area contributed by atoms with Crippen molar-refractivity contribution in [2.75, 3.05) is 5.73 Å². The van der Waals surface area contributed by atoms with Gasteiger partial charge in [-0.05, 0) is 41.1 Å². The molecule has 0 amide bonds. The van der Waals surface area contributed by atoms with Crippen LogP contribution in [0.1, 0.15) is 0 Å². The fourth-order valence-electron chi connectivity index (χ4n) is 1.95. The summed E-state index contributed by atoms with van der Waals surface area (Å²) < 4.78 is 6.79. The molecule has 0 radical (unpaired) electrons. The van der Waals surface area contributed by atoms with Crippen molar-refractivity contribution < 1.29 is 4.74 Å². The Morgan fingerprint density at radius 2 is 1.63 bits per heavy atom. The van der Waals surface area contributed by atoms with E-state index < -0.39 is 0 Å². The van der Waals surface area contributed by atoms with Gasteiger partial charge < -0.3 is 10.5 Å². The number of nitrogens with two attached hydrogens (primary N) is 1. The lowest BCUT2D eigenvalue weighted by Gasteiger charge is -2.09. The van der Waals surface area contributed by atoms with E-state index in [9.17, 15) is 0 Å². The molecule has 0 aliphatic carbocycles. The minimum Gasteiger partial charge on any atom is -0.455 e. The first-order valence-electron chi connectivity index (χ1n) is 5.94. The van der Waals surface area contributed by atoms with E-state index in [0.717, 1.165) is 15.6 Å². The molecule has 0 fully saturated rings. The largest absolute Gasteiger partial charge is 0.455 e. The monoisotopic (exact) mass is 313 g/mol. The molecule has 3 aromatic carbocycles. The molecule has 0 heterocycles. The van der Waals surface area contributed by atoms with Crippen LogP contribution in [0.25, 0.3) is 10.8 Å². The molecule has 2 N–H and O–H groups in total. The van der Waals surface area contributed by atoms with E-state index in [1.807, 2.05) is 48.5 Å². The van der Waals surface area contributed by atoms with Crippen molar-refractivity contribution in [1.29, 1.82) is 0 Å². The highest BCUT2D eigenvalue weighted by Crippen LogP contribution is 2.31. The van der Waals surface area contributed by atoms with E-state index in [1.54, 1.807) is 0 Å². The molecule has 0 saturated carbocycles. The summed E-state index contributed by atoms with van der Waals surface area (Å²) in [7, 11) is 0. The zero-order valence-electron chi connectivity index (χ0n) is 10.1. The average molecular weight is 314 g/mol. The Bertz CT molecular complexity index is 740. The lowest BCUT2D eigenvalue weighted by atomic mass is 10.1. The third-order valence-electron chi connectivity index (χ3n) is 2.92. The molecule has 0 unspecified atom stereocenters. The summed E-state index contributed by atoms with van der Waals surface area (Å²) in [4.78, 5) is 0. The predicted molar refractivity (Wildman–Crippen MR) is 82.6 cm³/mol. The van der Waals surface area contributed by atoms with Gasteiger partial charge in [0.15, 0.2) is 5.75 Å². The molecule has 19 heavy (non-hydrogen) atoms. The van der Waals surface area contributed by atoms with Crippen LogP contribution in [0.2, 0.25) is 0 Å². The molecule has 0 saturated heterocycles. The van der Waals surface area contributed by atoms with Crippen LogP contribution in [0, 0.1) is 0 Å². The Hall–Kier alpha value is -2.00. The smallest absolute Gasteiger partial charge is 0.151 e. The fourth-order valence-corrected chi connectivity index (χ4v) is 2.29. The van der Waals surface area contributed by atoms with E-state index in [4.69, 9.17) is 10.5 Å². The highest BCUT2D eigenvalue weighted by Gasteiger charge is 2.04. The molecule has 0 atom stereocenters. The normalized spacial score (nSPS) is 10.6. The van der Waals surface area contributed by atoms with Crippen LogP contribution in [0.4, 0.5) is 5.69 Å². The van der Waals surface area contributed by atoms with Crippen molar-refractivity contribution >= 4 is 32.4 Å². The Balaban J connectivity index is 1.98. The maximum atomic E-state index is 5.90. The van der Waals surface area contributed by atoms with Crippen molar-refractivity contribution in [2.24, 2.45) is 0 Å². The SMILES string of the molecule is Nc1ccc(Br)cc1Oc1ccc2ccccc2c1. The van der Waals surface area contributed by atoms with Gasteiger partial charge in [-0.1, -0.05) is 46.3 Å². The topological polar surface area (TPSA) is 35.2 Å². The number of fused-ring (bicyclic) bond motifs is 1. The molecule has 0 aromatic heterocycles. The number of benzene rings is 3. The molecule has 0 spiro atoms. The molecular weight excluding hydrogens is 302 g/mol. The van der Waals surface area contributed by atoms with E-state index in [1.165, 1.54) is 5.39 Å². The van der Waals surface area contributed by atoms with Gasteiger partial charge >= 0.3 is 0 Å². The van der Waals surface area contributed by atoms with E-state index in [0.29, 0.717) is 11.4 Å². The number of anilines is 1. The lowest BCUT2D eigenvalue weighted by molar-refractivity contribution is 0.485. The highest BCUT2D eigenvalue weighted by atomic mass is 79.9. The third-order valence-corrected chi connectivity index (χ3v) is 3.42. The van der Waals surface area contributed by atoms with Crippen LogP contribution >= 0.6 is 15.9 Å². The zero-order chi connectivity index (χ0) is 13.2. The Morgan fingerprint density at radius 1 is 0.842 bits per heavy atom. The Kier molecular flexibility index (Phi) is 3.13. The van der Waals surface area contributed by atoms with Gasteiger partial charge in [-0.25, -0.2) is 0 Å². The van der Waals surface area contributed by atoms with Crippen molar-refractivity contribution in [3.63, 3.8) is 0 Å². The van der Waals surface area contributed by atoms with Gasteiger partial charge in [-0.2, -0.15) is 0 Å². The van der Waals surface area contributed by atoms with Gasteiger partial charge in [0.25, 0.3) is 0 Å². The number of rotatable bonds is 2.